The van der Waals surface area contributed by atoms with Crippen molar-refractivity contribution in [2.75, 3.05) is 11.9 Å². The number of fused-ring (bicyclic) bond motifs is 1. The molecule has 1 amide bonds. The van der Waals surface area contributed by atoms with Crippen LogP contribution in [-0.4, -0.2) is 32.3 Å². The Morgan fingerprint density at radius 3 is 2.92 bits per heavy atom. The highest BCUT2D eigenvalue weighted by molar-refractivity contribution is 7.15. The maximum atomic E-state index is 12.3. The summed E-state index contributed by atoms with van der Waals surface area (Å²) >= 11 is 7.45. The monoisotopic (exact) mass is 365 g/mol. The van der Waals surface area contributed by atoms with E-state index >= 15 is 0 Å². The van der Waals surface area contributed by atoms with Gasteiger partial charge in [-0.05, 0) is 24.4 Å². The number of aromatic nitrogens is 3. The number of hydrogen-bond acceptors (Lipinski definition) is 6. The molecule has 8 heteroatoms. The maximum absolute atomic E-state index is 12.3. The van der Waals surface area contributed by atoms with Gasteiger partial charge in [-0.15, -0.1) is 0 Å². The van der Waals surface area contributed by atoms with Crippen molar-refractivity contribution < 1.29 is 4.79 Å². The average molecular weight is 366 g/mol. The molecular formula is C16H20ClN5OS. The van der Waals surface area contributed by atoms with Crippen molar-refractivity contribution in [2.24, 2.45) is 5.92 Å². The Bertz CT molecular complexity index is 741. The van der Waals surface area contributed by atoms with Crippen LogP contribution in [0.5, 0.6) is 0 Å². The van der Waals surface area contributed by atoms with E-state index in [1.54, 1.807) is 11.3 Å². The molecule has 0 spiro atoms. The van der Waals surface area contributed by atoms with Crippen LogP contribution in [0.4, 0.5) is 10.9 Å². The molecule has 128 valence electrons. The number of nitrogens with one attached hydrogen (secondary N) is 1. The van der Waals surface area contributed by atoms with E-state index in [0.717, 1.165) is 34.4 Å². The van der Waals surface area contributed by atoms with E-state index in [0.29, 0.717) is 24.7 Å². The number of thiazole rings is 1. The fraction of sp³-hybridized carbons (Fsp3) is 0.500. The molecule has 2 aromatic rings. The summed E-state index contributed by atoms with van der Waals surface area (Å²) in [6, 6.07) is 1.82. The fourth-order valence-corrected chi connectivity index (χ4v) is 3.90. The van der Waals surface area contributed by atoms with Crippen LogP contribution in [0.3, 0.4) is 0 Å². The van der Waals surface area contributed by atoms with Crippen molar-refractivity contribution in [1.29, 1.82) is 0 Å². The minimum Gasteiger partial charge on any atom is -0.337 e. The minimum atomic E-state index is 0.212. The number of carbonyl (C=O) groups is 1. The second kappa shape index (κ2) is 7.03. The molecule has 3 heterocycles. The summed E-state index contributed by atoms with van der Waals surface area (Å²) in [5, 5.41) is 4.17. The van der Waals surface area contributed by atoms with Gasteiger partial charge in [0.1, 0.15) is 5.82 Å². The lowest BCUT2D eigenvalue weighted by atomic mass is 10.1. The molecular weight excluding hydrogens is 346 g/mol. The summed E-state index contributed by atoms with van der Waals surface area (Å²) in [6.45, 7) is 7.38. The zero-order valence-corrected chi connectivity index (χ0v) is 15.5. The standard InChI is InChI=1S/C16H20ClN5OS/c1-9(2)6-14(23)22-5-4-11-12(8-22)24-16(19-11)21-13-7-10(3)18-15(17)20-13/h7,9H,4-6,8H2,1-3H3,(H,18,19,20,21). The second-order valence-electron chi connectivity index (χ2n) is 6.34. The topological polar surface area (TPSA) is 71.0 Å². The van der Waals surface area contributed by atoms with Crippen LogP contribution in [0.15, 0.2) is 6.07 Å². The van der Waals surface area contributed by atoms with Crippen LogP contribution < -0.4 is 5.32 Å². The van der Waals surface area contributed by atoms with Crippen molar-refractivity contribution in [3.63, 3.8) is 0 Å². The Balaban J connectivity index is 1.72. The van der Waals surface area contributed by atoms with E-state index in [-0.39, 0.29) is 11.2 Å². The first kappa shape index (κ1) is 17.1. The van der Waals surface area contributed by atoms with Gasteiger partial charge in [-0.2, -0.15) is 0 Å². The van der Waals surface area contributed by atoms with Crippen LogP contribution >= 0.6 is 22.9 Å². The lowest BCUT2D eigenvalue weighted by Crippen LogP contribution is -2.36. The first-order valence-electron chi connectivity index (χ1n) is 7.95. The number of halogens is 1. The van der Waals surface area contributed by atoms with E-state index in [1.807, 2.05) is 17.9 Å². The number of anilines is 2. The molecule has 0 radical (unpaired) electrons. The summed E-state index contributed by atoms with van der Waals surface area (Å²) in [5.41, 5.74) is 1.86. The van der Waals surface area contributed by atoms with Gasteiger partial charge in [0.05, 0.1) is 12.2 Å². The lowest BCUT2D eigenvalue weighted by Gasteiger charge is -2.26. The molecule has 0 fully saturated rings. The number of nitrogens with zero attached hydrogens (tertiary/aromatic N) is 4. The van der Waals surface area contributed by atoms with Gasteiger partial charge in [0.15, 0.2) is 5.13 Å². The highest BCUT2D eigenvalue weighted by atomic mass is 35.5. The smallest absolute Gasteiger partial charge is 0.224 e. The number of carbonyl (C=O) groups excluding carboxylic acids is 1. The number of hydrogen-bond donors (Lipinski definition) is 1. The van der Waals surface area contributed by atoms with E-state index in [9.17, 15) is 4.79 Å². The molecule has 0 saturated heterocycles. The molecule has 1 aliphatic rings. The number of rotatable bonds is 4. The van der Waals surface area contributed by atoms with Gasteiger partial charge in [0, 0.05) is 36.0 Å². The van der Waals surface area contributed by atoms with Crippen molar-refractivity contribution in [1.82, 2.24) is 19.9 Å². The summed E-state index contributed by atoms with van der Waals surface area (Å²) < 4.78 is 0. The van der Waals surface area contributed by atoms with Gasteiger partial charge < -0.3 is 10.2 Å². The van der Waals surface area contributed by atoms with E-state index in [2.05, 4.69) is 34.1 Å². The molecule has 0 atom stereocenters. The SMILES string of the molecule is Cc1cc(Nc2nc3c(s2)CN(C(=O)CC(C)C)CC3)nc(Cl)n1. The maximum Gasteiger partial charge on any atom is 0.224 e. The predicted molar refractivity (Wildman–Crippen MR) is 95.8 cm³/mol. The number of aryl methyl sites for hydroxylation is 1. The Labute approximate surface area is 150 Å². The molecule has 0 aromatic carbocycles. The Kier molecular flexibility index (Phi) is 5.01. The normalized spacial score (nSPS) is 14.0. The van der Waals surface area contributed by atoms with Crippen LogP contribution in [0.2, 0.25) is 5.28 Å². The lowest BCUT2D eigenvalue weighted by molar-refractivity contribution is -0.132. The van der Waals surface area contributed by atoms with Crippen molar-refractivity contribution in [3.8, 4) is 0 Å². The third-order valence-corrected chi connectivity index (χ3v) is 4.90. The van der Waals surface area contributed by atoms with Gasteiger partial charge >= 0.3 is 0 Å². The summed E-state index contributed by atoms with van der Waals surface area (Å²) in [7, 11) is 0. The number of amides is 1. The van der Waals surface area contributed by atoms with E-state index in [4.69, 9.17) is 11.6 Å². The van der Waals surface area contributed by atoms with Crippen LogP contribution in [0.1, 0.15) is 36.5 Å². The third-order valence-electron chi connectivity index (χ3n) is 3.73. The zero-order chi connectivity index (χ0) is 17.3. The first-order valence-corrected chi connectivity index (χ1v) is 9.14. The van der Waals surface area contributed by atoms with Crippen LogP contribution in [0.25, 0.3) is 0 Å². The van der Waals surface area contributed by atoms with Gasteiger partial charge in [0.2, 0.25) is 11.2 Å². The predicted octanol–water partition coefficient (Wildman–Crippen LogP) is 3.57. The zero-order valence-electron chi connectivity index (χ0n) is 14.0. The largest absolute Gasteiger partial charge is 0.337 e. The van der Waals surface area contributed by atoms with Crippen LogP contribution in [-0.2, 0) is 17.8 Å². The van der Waals surface area contributed by atoms with Crippen molar-refractivity contribution in [2.45, 2.75) is 40.2 Å². The minimum absolute atomic E-state index is 0.212. The van der Waals surface area contributed by atoms with Crippen molar-refractivity contribution in [3.05, 3.63) is 27.6 Å². The Morgan fingerprint density at radius 2 is 2.21 bits per heavy atom. The van der Waals surface area contributed by atoms with Gasteiger partial charge in [-0.25, -0.2) is 15.0 Å². The van der Waals surface area contributed by atoms with Gasteiger partial charge in [-0.3, -0.25) is 4.79 Å². The second-order valence-corrected chi connectivity index (χ2v) is 7.76. The van der Waals surface area contributed by atoms with E-state index < -0.39 is 0 Å². The molecule has 0 saturated carbocycles. The molecule has 1 N–H and O–H groups in total. The molecule has 3 rings (SSSR count). The fourth-order valence-electron chi connectivity index (χ4n) is 2.65. The molecule has 0 aliphatic carbocycles. The third kappa shape index (κ3) is 4.02. The van der Waals surface area contributed by atoms with Gasteiger partial charge in [-0.1, -0.05) is 25.2 Å². The summed E-state index contributed by atoms with van der Waals surface area (Å²) in [6.07, 6.45) is 1.39. The Morgan fingerprint density at radius 1 is 1.42 bits per heavy atom. The highest BCUT2D eigenvalue weighted by Crippen LogP contribution is 2.30. The summed E-state index contributed by atoms with van der Waals surface area (Å²) in [5.74, 6) is 1.23. The molecule has 24 heavy (non-hydrogen) atoms. The quantitative estimate of drug-likeness (QED) is 0.838. The first-order chi connectivity index (χ1) is 11.4. The molecule has 0 bridgehead atoms. The Hall–Kier alpha value is -1.73. The molecule has 0 unspecified atom stereocenters. The van der Waals surface area contributed by atoms with E-state index in [1.165, 1.54) is 0 Å². The van der Waals surface area contributed by atoms with Crippen molar-refractivity contribution >= 4 is 39.8 Å². The van der Waals surface area contributed by atoms with Gasteiger partial charge in [0.25, 0.3) is 0 Å². The summed E-state index contributed by atoms with van der Waals surface area (Å²) in [4.78, 5) is 28.1. The molecule has 1 aliphatic heterocycles. The van der Waals surface area contributed by atoms with Crippen LogP contribution in [0, 0.1) is 12.8 Å². The highest BCUT2D eigenvalue weighted by Gasteiger charge is 2.24. The molecule has 2 aromatic heterocycles. The average Bonchev–Trinajstić information content (AvgIpc) is 2.86. The molecule has 6 nitrogen and oxygen atoms in total.